The number of pyridine rings is 3. The number of fused-ring (bicyclic) bond motifs is 2. The molecule has 190 valence electrons. The number of aromatic nitrogens is 7. The molecule has 0 aliphatic carbocycles. The summed E-state index contributed by atoms with van der Waals surface area (Å²) in [7, 11) is 0. The highest BCUT2D eigenvalue weighted by atomic mass is 32.1. The Hall–Kier alpha value is -4.58. The number of carbonyl (C=O) groups excluding carboxylic acids is 1. The number of imidazole rings is 1. The van der Waals surface area contributed by atoms with Crippen LogP contribution in [0.5, 0.6) is 0 Å². The van der Waals surface area contributed by atoms with E-state index in [0.29, 0.717) is 45.2 Å². The third kappa shape index (κ3) is 4.28. The fraction of sp³-hybridized carbons (Fsp3) is 0.154. The van der Waals surface area contributed by atoms with Crippen LogP contribution in [0.15, 0.2) is 49.1 Å². The number of carbonyl (C=O) groups is 1. The SMILES string of the molecule is CCCCC(=O)Nc1cncc(-c2cnc3n[nH]c(-c4nc5nccc(-c6ccc(F)s6)c5[nH]4)c3c2F)c1. The molecule has 0 radical (unpaired) electrons. The lowest BCUT2D eigenvalue weighted by Crippen LogP contribution is -2.11. The van der Waals surface area contributed by atoms with Gasteiger partial charge in [-0.25, -0.2) is 19.3 Å². The number of nitrogens with one attached hydrogen (secondary N) is 3. The number of hydrogen-bond donors (Lipinski definition) is 3. The van der Waals surface area contributed by atoms with Gasteiger partial charge in [0.15, 0.2) is 22.2 Å². The molecular formula is C26H20F2N8OS. The van der Waals surface area contributed by atoms with E-state index in [9.17, 15) is 9.18 Å². The molecule has 6 heterocycles. The van der Waals surface area contributed by atoms with Crippen LogP contribution in [0.2, 0.25) is 0 Å². The summed E-state index contributed by atoms with van der Waals surface area (Å²) in [4.78, 5) is 33.4. The Labute approximate surface area is 218 Å². The Balaban J connectivity index is 1.41. The molecule has 0 saturated carbocycles. The van der Waals surface area contributed by atoms with Crippen LogP contribution in [0.25, 0.3) is 55.3 Å². The number of rotatable bonds is 7. The fourth-order valence-electron chi connectivity index (χ4n) is 4.23. The van der Waals surface area contributed by atoms with Gasteiger partial charge in [-0.3, -0.25) is 14.9 Å². The van der Waals surface area contributed by atoms with Gasteiger partial charge in [-0.2, -0.15) is 9.49 Å². The van der Waals surface area contributed by atoms with Gasteiger partial charge in [0.25, 0.3) is 0 Å². The minimum Gasteiger partial charge on any atom is -0.335 e. The summed E-state index contributed by atoms with van der Waals surface area (Å²) in [6, 6.07) is 6.50. The molecule has 0 aliphatic rings. The number of H-pyrrole nitrogens is 2. The predicted octanol–water partition coefficient (Wildman–Crippen LogP) is 6.09. The van der Waals surface area contributed by atoms with Crippen molar-refractivity contribution in [3.8, 4) is 33.1 Å². The molecule has 12 heteroatoms. The Bertz CT molecular complexity index is 1810. The number of thiophene rings is 1. The minimum atomic E-state index is -0.566. The van der Waals surface area contributed by atoms with Gasteiger partial charge in [0, 0.05) is 46.6 Å². The summed E-state index contributed by atoms with van der Waals surface area (Å²) in [5.74, 6) is -0.378. The molecule has 9 nitrogen and oxygen atoms in total. The zero-order chi connectivity index (χ0) is 26.2. The lowest BCUT2D eigenvalue weighted by molar-refractivity contribution is -0.116. The van der Waals surface area contributed by atoms with Gasteiger partial charge < -0.3 is 10.3 Å². The third-order valence-corrected chi connectivity index (χ3v) is 6.98. The molecule has 6 aromatic rings. The van der Waals surface area contributed by atoms with E-state index in [2.05, 4.69) is 40.4 Å². The van der Waals surface area contributed by atoms with Gasteiger partial charge in [0.1, 0.15) is 11.5 Å². The maximum Gasteiger partial charge on any atom is 0.224 e. The molecule has 0 bridgehead atoms. The van der Waals surface area contributed by atoms with E-state index in [1.54, 1.807) is 24.4 Å². The molecule has 6 rings (SSSR count). The molecular weight excluding hydrogens is 510 g/mol. The van der Waals surface area contributed by atoms with Crippen LogP contribution in [0, 0.1) is 10.9 Å². The van der Waals surface area contributed by atoms with Crippen LogP contribution >= 0.6 is 11.3 Å². The molecule has 0 spiro atoms. The number of halogens is 2. The number of aromatic amines is 2. The highest BCUT2D eigenvalue weighted by Gasteiger charge is 2.21. The maximum atomic E-state index is 16.0. The Morgan fingerprint density at radius 3 is 2.79 bits per heavy atom. The fourth-order valence-corrected chi connectivity index (χ4v) is 5.00. The smallest absolute Gasteiger partial charge is 0.224 e. The first kappa shape index (κ1) is 23.8. The second-order valence-corrected chi connectivity index (χ2v) is 9.68. The summed E-state index contributed by atoms with van der Waals surface area (Å²) >= 11 is 1.01. The van der Waals surface area contributed by atoms with Crippen molar-refractivity contribution in [2.24, 2.45) is 0 Å². The largest absolute Gasteiger partial charge is 0.335 e. The van der Waals surface area contributed by atoms with Crippen molar-refractivity contribution >= 4 is 45.1 Å². The van der Waals surface area contributed by atoms with Crippen molar-refractivity contribution < 1.29 is 13.6 Å². The Kier molecular flexibility index (Phi) is 6.08. The van der Waals surface area contributed by atoms with E-state index >= 15 is 4.39 Å². The van der Waals surface area contributed by atoms with E-state index in [1.807, 2.05) is 6.92 Å². The number of hydrogen-bond acceptors (Lipinski definition) is 7. The van der Waals surface area contributed by atoms with Gasteiger partial charge in [-0.15, -0.1) is 11.3 Å². The molecule has 6 aromatic heterocycles. The van der Waals surface area contributed by atoms with Crippen molar-refractivity contribution in [2.75, 3.05) is 5.32 Å². The lowest BCUT2D eigenvalue weighted by atomic mass is 10.1. The summed E-state index contributed by atoms with van der Waals surface area (Å²) in [5.41, 5.74) is 3.30. The zero-order valence-electron chi connectivity index (χ0n) is 20.0. The van der Waals surface area contributed by atoms with Crippen LogP contribution in [0.1, 0.15) is 26.2 Å². The third-order valence-electron chi connectivity index (χ3n) is 6.08. The van der Waals surface area contributed by atoms with E-state index in [0.717, 1.165) is 29.7 Å². The van der Waals surface area contributed by atoms with Crippen molar-refractivity contribution in [1.82, 2.24) is 35.1 Å². The Morgan fingerprint density at radius 1 is 1.08 bits per heavy atom. The average molecular weight is 531 g/mol. The van der Waals surface area contributed by atoms with E-state index in [-0.39, 0.29) is 27.6 Å². The maximum absolute atomic E-state index is 16.0. The van der Waals surface area contributed by atoms with Crippen LogP contribution in [0.4, 0.5) is 14.5 Å². The molecule has 0 atom stereocenters. The van der Waals surface area contributed by atoms with Crippen LogP contribution in [-0.4, -0.2) is 41.0 Å². The van der Waals surface area contributed by atoms with E-state index < -0.39 is 5.82 Å². The highest BCUT2D eigenvalue weighted by Crippen LogP contribution is 2.35. The monoisotopic (exact) mass is 530 g/mol. The summed E-state index contributed by atoms with van der Waals surface area (Å²) in [6.45, 7) is 2.01. The standard InChI is InChI=1S/C26H20F2N8OS/c1-2-3-4-19(37)32-14-9-13(10-29-11-14)16-12-31-24-20(21(16)28)23(35-36-24)26-33-22-15(7-8-30-25(22)34-26)17-5-6-18(27)38-17/h5-12H,2-4H2,1H3,(H,32,37)(H,30,33,34)(H,31,35,36). The number of anilines is 1. The first-order chi connectivity index (χ1) is 18.5. The zero-order valence-corrected chi connectivity index (χ0v) is 20.9. The minimum absolute atomic E-state index is 0.125. The Morgan fingerprint density at radius 2 is 1.97 bits per heavy atom. The molecule has 0 unspecified atom stereocenters. The quantitative estimate of drug-likeness (QED) is 0.229. The first-order valence-electron chi connectivity index (χ1n) is 11.9. The predicted molar refractivity (Wildman–Crippen MR) is 141 cm³/mol. The number of amides is 1. The molecule has 1 amide bonds. The van der Waals surface area contributed by atoms with Gasteiger partial charge in [-0.05, 0) is 30.7 Å². The van der Waals surface area contributed by atoms with E-state index in [4.69, 9.17) is 0 Å². The van der Waals surface area contributed by atoms with Crippen molar-refractivity contribution in [2.45, 2.75) is 26.2 Å². The van der Waals surface area contributed by atoms with Gasteiger partial charge >= 0.3 is 0 Å². The molecule has 3 N–H and O–H groups in total. The van der Waals surface area contributed by atoms with Crippen LogP contribution in [-0.2, 0) is 4.79 Å². The van der Waals surface area contributed by atoms with E-state index in [1.165, 1.54) is 24.7 Å². The second kappa shape index (κ2) is 9.71. The summed E-state index contributed by atoms with van der Waals surface area (Å²) < 4.78 is 29.6. The molecule has 38 heavy (non-hydrogen) atoms. The topological polar surface area (TPSA) is 125 Å². The van der Waals surface area contributed by atoms with Gasteiger partial charge in [0.05, 0.1) is 22.8 Å². The average Bonchev–Trinajstić information content (AvgIpc) is 3.65. The molecule has 0 aromatic carbocycles. The second-order valence-electron chi connectivity index (χ2n) is 8.64. The van der Waals surface area contributed by atoms with Crippen LogP contribution in [0.3, 0.4) is 0 Å². The van der Waals surface area contributed by atoms with Crippen molar-refractivity contribution in [3.63, 3.8) is 0 Å². The highest BCUT2D eigenvalue weighted by molar-refractivity contribution is 7.14. The summed E-state index contributed by atoms with van der Waals surface area (Å²) in [5, 5.41) is 9.62. The molecule has 0 fully saturated rings. The molecule has 0 aliphatic heterocycles. The first-order valence-corrected chi connectivity index (χ1v) is 12.7. The number of nitrogens with zero attached hydrogens (tertiary/aromatic N) is 5. The number of unbranched alkanes of at least 4 members (excludes halogenated alkanes) is 1. The van der Waals surface area contributed by atoms with Gasteiger partial charge in [0.2, 0.25) is 5.91 Å². The summed E-state index contributed by atoms with van der Waals surface area (Å²) in [6.07, 6.45) is 8.07. The van der Waals surface area contributed by atoms with Crippen molar-refractivity contribution in [3.05, 3.63) is 60.0 Å². The normalized spacial score (nSPS) is 11.4. The van der Waals surface area contributed by atoms with Gasteiger partial charge in [-0.1, -0.05) is 13.3 Å². The van der Waals surface area contributed by atoms with Crippen molar-refractivity contribution in [1.29, 1.82) is 0 Å². The molecule has 0 saturated heterocycles. The lowest BCUT2D eigenvalue weighted by Gasteiger charge is -2.08. The van der Waals surface area contributed by atoms with Crippen LogP contribution < -0.4 is 5.32 Å².